The third-order valence-corrected chi connectivity index (χ3v) is 3.30. The molecular formula is C14H17F5N2O2. The highest BCUT2D eigenvalue weighted by Crippen LogP contribution is 2.25. The standard InChI is InChI=1S/C12H16F2N2.C2HF3O2/c1-2-9-8-15-6-7-16(9)11-5-3-4-10(13)12(11)14;3-2(4,5)1(6)7/h3-5,9,15H,2,6-8H2,1H3;(H,6,7)/t9-;/m1./s1. The molecule has 2 N–H and O–H groups in total. The van der Waals surface area contributed by atoms with Gasteiger partial charge in [0.15, 0.2) is 11.6 Å². The second-order valence-electron chi connectivity index (χ2n) is 4.84. The number of alkyl halides is 3. The van der Waals surface area contributed by atoms with Crippen LogP contribution in [0, 0.1) is 11.6 Å². The molecule has 23 heavy (non-hydrogen) atoms. The number of halogens is 5. The summed E-state index contributed by atoms with van der Waals surface area (Å²) in [7, 11) is 0. The molecule has 0 aliphatic carbocycles. The summed E-state index contributed by atoms with van der Waals surface area (Å²) in [6.45, 7) is 4.42. The lowest BCUT2D eigenvalue weighted by atomic mass is 10.1. The average molecular weight is 340 g/mol. The first-order chi connectivity index (χ1) is 10.7. The minimum Gasteiger partial charge on any atom is -0.475 e. The number of carboxylic acid groups (broad SMARTS) is 1. The van der Waals surface area contributed by atoms with E-state index in [9.17, 15) is 22.0 Å². The quantitative estimate of drug-likeness (QED) is 0.813. The van der Waals surface area contributed by atoms with Crippen molar-refractivity contribution in [2.75, 3.05) is 24.5 Å². The van der Waals surface area contributed by atoms with E-state index in [0.717, 1.165) is 32.1 Å². The number of carboxylic acids is 1. The van der Waals surface area contributed by atoms with E-state index < -0.39 is 23.8 Å². The van der Waals surface area contributed by atoms with Gasteiger partial charge in [0.1, 0.15) is 0 Å². The molecule has 0 amide bonds. The van der Waals surface area contributed by atoms with Crippen LogP contribution in [0.1, 0.15) is 13.3 Å². The molecular weight excluding hydrogens is 323 g/mol. The summed E-state index contributed by atoms with van der Waals surface area (Å²) in [4.78, 5) is 10.8. The molecule has 1 aliphatic heterocycles. The zero-order valence-electron chi connectivity index (χ0n) is 12.3. The van der Waals surface area contributed by atoms with Crippen molar-refractivity contribution in [3.63, 3.8) is 0 Å². The third kappa shape index (κ3) is 5.34. The molecule has 0 saturated carbocycles. The van der Waals surface area contributed by atoms with Gasteiger partial charge in [-0.3, -0.25) is 0 Å². The van der Waals surface area contributed by atoms with Gasteiger partial charge in [0.25, 0.3) is 0 Å². The first-order valence-electron chi connectivity index (χ1n) is 6.90. The van der Waals surface area contributed by atoms with Gasteiger partial charge >= 0.3 is 12.1 Å². The summed E-state index contributed by atoms with van der Waals surface area (Å²) in [6.07, 6.45) is -4.16. The second-order valence-corrected chi connectivity index (χ2v) is 4.84. The maximum absolute atomic E-state index is 13.7. The number of carbonyl (C=O) groups is 1. The summed E-state index contributed by atoms with van der Waals surface area (Å²) in [6, 6.07) is 4.60. The minimum absolute atomic E-state index is 0.241. The number of piperazine rings is 1. The minimum atomic E-state index is -5.08. The van der Waals surface area contributed by atoms with Crippen molar-refractivity contribution in [1.82, 2.24) is 5.32 Å². The summed E-state index contributed by atoms with van der Waals surface area (Å²) < 4.78 is 58.5. The van der Waals surface area contributed by atoms with Gasteiger partial charge in [0.05, 0.1) is 5.69 Å². The van der Waals surface area contributed by atoms with Crippen LogP contribution in [0.3, 0.4) is 0 Å². The van der Waals surface area contributed by atoms with Gasteiger partial charge < -0.3 is 15.3 Å². The molecule has 0 spiro atoms. The van der Waals surface area contributed by atoms with Crippen LogP contribution in [0.5, 0.6) is 0 Å². The van der Waals surface area contributed by atoms with E-state index in [4.69, 9.17) is 9.90 Å². The summed E-state index contributed by atoms with van der Waals surface area (Å²) in [5.41, 5.74) is 0.383. The molecule has 1 heterocycles. The van der Waals surface area contributed by atoms with Crippen molar-refractivity contribution in [3.8, 4) is 0 Å². The first kappa shape index (κ1) is 19.1. The van der Waals surface area contributed by atoms with E-state index in [1.54, 1.807) is 12.1 Å². The molecule has 1 saturated heterocycles. The Morgan fingerprint density at radius 2 is 2.00 bits per heavy atom. The molecule has 130 valence electrons. The number of aliphatic carboxylic acids is 1. The molecule has 1 aromatic carbocycles. The first-order valence-corrected chi connectivity index (χ1v) is 6.90. The van der Waals surface area contributed by atoms with E-state index in [0.29, 0.717) is 5.69 Å². The van der Waals surface area contributed by atoms with Crippen molar-refractivity contribution >= 4 is 11.7 Å². The Kier molecular flexibility index (Phi) is 6.74. The van der Waals surface area contributed by atoms with E-state index in [1.165, 1.54) is 0 Å². The fourth-order valence-electron chi connectivity index (χ4n) is 2.16. The van der Waals surface area contributed by atoms with Gasteiger partial charge in [-0.15, -0.1) is 0 Å². The third-order valence-electron chi connectivity index (χ3n) is 3.30. The molecule has 0 unspecified atom stereocenters. The van der Waals surface area contributed by atoms with Crippen LogP contribution in [-0.4, -0.2) is 42.9 Å². The van der Waals surface area contributed by atoms with Gasteiger partial charge in [-0.2, -0.15) is 13.2 Å². The Morgan fingerprint density at radius 1 is 1.39 bits per heavy atom. The van der Waals surface area contributed by atoms with Crippen LogP contribution in [0.4, 0.5) is 27.6 Å². The molecule has 1 fully saturated rings. The van der Waals surface area contributed by atoms with Crippen LogP contribution in [0.2, 0.25) is 0 Å². The zero-order valence-corrected chi connectivity index (χ0v) is 12.3. The Labute approximate surface area is 129 Å². The number of benzene rings is 1. The van der Waals surface area contributed by atoms with Crippen LogP contribution in [-0.2, 0) is 4.79 Å². The summed E-state index contributed by atoms with van der Waals surface area (Å²) >= 11 is 0. The highest BCUT2D eigenvalue weighted by atomic mass is 19.4. The average Bonchev–Trinajstić information content (AvgIpc) is 2.50. The van der Waals surface area contributed by atoms with Crippen LogP contribution < -0.4 is 10.2 Å². The van der Waals surface area contributed by atoms with Gasteiger partial charge in [-0.05, 0) is 18.6 Å². The lowest BCUT2D eigenvalue weighted by Crippen LogP contribution is -2.51. The molecule has 0 bridgehead atoms. The molecule has 0 aromatic heterocycles. The van der Waals surface area contributed by atoms with Gasteiger partial charge in [0, 0.05) is 25.7 Å². The van der Waals surface area contributed by atoms with Crippen LogP contribution in [0.25, 0.3) is 0 Å². The summed E-state index contributed by atoms with van der Waals surface area (Å²) in [5, 5.41) is 10.4. The molecule has 1 aliphatic rings. The van der Waals surface area contributed by atoms with Crippen LogP contribution >= 0.6 is 0 Å². The van der Waals surface area contributed by atoms with Crippen LogP contribution in [0.15, 0.2) is 18.2 Å². The number of hydrogen-bond acceptors (Lipinski definition) is 3. The SMILES string of the molecule is CC[C@@H]1CNCCN1c1cccc(F)c1F.O=C(O)C(F)(F)F. The van der Waals surface area contributed by atoms with Gasteiger partial charge in [0.2, 0.25) is 0 Å². The Bertz CT molecular complexity index is 536. The van der Waals surface area contributed by atoms with E-state index in [2.05, 4.69) is 12.2 Å². The number of nitrogens with zero attached hydrogens (tertiary/aromatic N) is 1. The van der Waals surface area contributed by atoms with Crippen molar-refractivity contribution in [1.29, 1.82) is 0 Å². The maximum Gasteiger partial charge on any atom is 0.490 e. The van der Waals surface area contributed by atoms with E-state index >= 15 is 0 Å². The number of rotatable bonds is 2. The molecule has 4 nitrogen and oxygen atoms in total. The molecule has 1 aromatic rings. The van der Waals surface area contributed by atoms with Crippen molar-refractivity contribution in [2.24, 2.45) is 0 Å². The molecule has 2 rings (SSSR count). The maximum atomic E-state index is 13.7. The van der Waals surface area contributed by atoms with Crippen molar-refractivity contribution in [2.45, 2.75) is 25.6 Å². The predicted molar refractivity (Wildman–Crippen MR) is 74.3 cm³/mol. The predicted octanol–water partition coefficient (Wildman–Crippen LogP) is 2.79. The number of nitrogens with one attached hydrogen (secondary N) is 1. The normalized spacial score (nSPS) is 18.2. The number of anilines is 1. The topological polar surface area (TPSA) is 52.6 Å². The molecule has 1 atom stereocenters. The number of hydrogen-bond donors (Lipinski definition) is 2. The zero-order chi connectivity index (χ0) is 17.6. The van der Waals surface area contributed by atoms with Gasteiger partial charge in [-0.25, -0.2) is 13.6 Å². The summed E-state index contributed by atoms with van der Waals surface area (Å²) in [5.74, 6) is -4.26. The Hall–Kier alpha value is -1.90. The Morgan fingerprint density at radius 3 is 2.52 bits per heavy atom. The fourth-order valence-corrected chi connectivity index (χ4v) is 2.16. The monoisotopic (exact) mass is 340 g/mol. The highest BCUT2D eigenvalue weighted by molar-refractivity contribution is 5.73. The smallest absolute Gasteiger partial charge is 0.475 e. The van der Waals surface area contributed by atoms with Crippen molar-refractivity contribution < 1.29 is 31.9 Å². The van der Waals surface area contributed by atoms with Gasteiger partial charge in [-0.1, -0.05) is 13.0 Å². The van der Waals surface area contributed by atoms with Crippen molar-refractivity contribution in [3.05, 3.63) is 29.8 Å². The highest BCUT2D eigenvalue weighted by Gasteiger charge is 2.38. The largest absolute Gasteiger partial charge is 0.490 e. The molecule has 0 radical (unpaired) electrons. The second kappa shape index (κ2) is 8.09. The molecule has 9 heteroatoms. The van der Waals surface area contributed by atoms with E-state index in [-0.39, 0.29) is 6.04 Å². The fraction of sp³-hybridized carbons (Fsp3) is 0.500. The lowest BCUT2D eigenvalue weighted by Gasteiger charge is -2.37. The van der Waals surface area contributed by atoms with E-state index in [1.807, 2.05) is 4.90 Å². The Balaban J connectivity index is 0.000000322. The lowest BCUT2D eigenvalue weighted by molar-refractivity contribution is -0.192.